The van der Waals surface area contributed by atoms with Crippen molar-refractivity contribution in [3.05, 3.63) is 76.0 Å². The van der Waals surface area contributed by atoms with Gasteiger partial charge in [-0.05, 0) is 48.2 Å². The monoisotopic (exact) mass is 477 g/mol. The van der Waals surface area contributed by atoms with Crippen LogP contribution in [0.2, 0.25) is 0 Å². The summed E-state index contributed by atoms with van der Waals surface area (Å²) < 4.78 is 55.6. The van der Waals surface area contributed by atoms with Crippen molar-refractivity contribution < 1.29 is 22.0 Å². The zero-order chi connectivity index (χ0) is 22.9. The summed E-state index contributed by atoms with van der Waals surface area (Å²) in [7, 11) is -3.93. The van der Waals surface area contributed by atoms with Crippen LogP contribution in [-0.2, 0) is 10.0 Å². The van der Waals surface area contributed by atoms with Gasteiger partial charge >= 0.3 is 0 Å². The predicted molar refractivity (Wildman–Crippen MR) is 121 cm³/mol. The Morgan fingerprint density at radius 1 is 1.00 bits per heavy atom. The molecule has 1 aliphatic heterocycles. The lowest BCUT2D eigenvalue weighted by Crippen LogP contribution is -2.49. The van der Waals surface area contributed by atoms with Crippen molar-refractivity contribution in [3.8, 4) is 0 Å². The smallest absolute Gasteiger partial charge is 0.267 e. The average molecular weight is 478 g/mol. The number of halogens is 2. The van der Waals surface area contributed by atoms with Crippen LogP contribution in [0.4, 0.5) is 20.2 Å². The molecule has 168 valence electrons. The minimum Gasteiger partial charge on any atom is -0.367 e. The van der Waals surface area contributed by atoms with Gasteiger partial charge in [-0.25, -0.2) is 17.2 Å². The third-order valence-corrected chi connectivity index (χ3v) is 8.30. The van der Waals surface area contributed by atoms with Crippen molar-refractivity contribution in [2.24, 2.45) is 0 Å². The second kappa shape index (κ2) is 8.97. The maximum absolute atomic E-state index is 14.1. The molecule has 6 nitrogen and oxygen atoms in total. The molecule has 0 saturated carbocycles. The van der Waals surface area contributed by atoms with Crippen LogP contribution < -0.4 is 10.2 Å². The number of hydrogen-bond donors (Lipinski definition) is 1. The normalized spacial score (nSPS) is 15.0. The highest BCUT2D eigenvalue weighted by Crippen LogP contribution is 2.28. The minimum absolute atomic E-state index is 0.0301. The van der Waals surface area contributed by atoms with Crippen LogP contribution in [0.1, 0.15) is 15.2 Å². The van der Waals surface area contributed by atoms with E-state index in [9.17, 15) is 22.0 Å². The van der Waals surface area contributed by atoms with Gasteiger partial charge in [-0.1, -0.05) is 18.2 Å². The lowest BCUT2D eigenvalue weighted by atomic mass is 10.2. The SMILES string of the molecule is Cc1ccc(NC(=O)c2sccc2S(=O)(=O)N2CCN(c3ccccc3F)CC2)cc1F. The van der Waals surface area contributed by atoms with E-state index in [1.54, 1.807) is 36.1 Å². The molecule has 3 aromatic rings. The van der Waals surface area contributed by atoms with Gasteiger partial charge in [0.25, 0.3) is 5.91 Å². The van der Waals surface area contributed by atoms with Gasteiger partial charge in [0.1, 0.15) is 21.4 Å². The number of benzene rings is 2. The van der Waals surface area contributed by atoms with Crippen molar-refractivity contribution >= 4 is 38.6 Å². The molecule has 4 rings (SSSR count). The molecule has 1 saturated heterocycles. The molecule has 32 heavy (non-hydrogen) atoms. The van der Waals surface area contributed by atoms with Crippen molar-refractivity contribution in [1.82, 2.24) is 4.31 Å². The Morgan fingerprint density at radius 2 is 1.72 bits per heavy atom. The highest BCUT2D eigenvalue weighted by molar-refractivity contribution is 7.89. The second-order valence-corrected chi connectivity index (χ2v) is 10.2. The van der Waals surface area contributed by atoms with Crippen molar-refractivity contribution in [3.63, 3.8) is 0 Å². The molecule has 1 amide bonds. The summed E-state index contributed by atoms with van der Waals surface area (Å²) in [6.45, 7) is 2.59. The molecule has 10 heteroatoms. The minimum atomic E-state index is -3.93. The van der Waals surface area contributed by atoms with Crippen LogP contribution in [0.3, 0.4) is 0 Å². The quantitative estimate of drug-likeness (QED) is 0.601. The molecule has 1 fully saturated rings. The topological polar surface area (TPSA) is 69.7 Å². The van der Waals surface area contributed by atoms with E-state index >= 15 is 0 Å². The third kappa shape index (κ3) is 4.38. The van der Waals surface area contributed by atoms with Crippen LogP contribution in [-0.4, -0.2) is 44.8 Å². The average Bonchev–Trinajstić information content (AvgIpc) is 3.28. The lowest BCUT2D eigenvalue weighted by molar-refractivity contribution is 0.102. The molecule has 0 bridgehead atoms. The molecule has 1 N–H and O–H groups in total. The first kappa shape index (κ1) is 22.4. The summed E-state index contributed by atoms with van der Waals surface area (Å²) >= 11 is 1.00. The zero-order valence-electron chi connectivity index (χ0n) is 17.2. The molecule has 0 spiro atoms. The number of hydrogen-bond acceptors (Lipinski definition) is 5. The molecule has 1 aliphatic rings. The number of nitrogens with one attached hydrogen (secondary N) is 1. The molecule has 0 atom stereocenters. The number of thiophene rings is 1. The van der Waals surface area contributed by atoms with Gasteiger partial charge in [-0.2, -0.15) is 4.31 Å². The number of aryl methyl sites for hydroxylation is 1. The predicted octanol–water partition coefficient (Wildman–Crippen LogP) is 4.10. The van der Waals surface area contributed by atoms with E-state index in [2.05, 4.69) is 5.32 Å². The molecular formula is C22H21F2N3O3S2. The number of rotatable bonds is 5. The fraction of sp³-hybridized carbons (Fsp3) is 0.227. The van der Waals surface area contributed by atoms with Crippen LogP contribution in [0.25, 0.3) is 0 Å². The van der Waals surface area contributed by atoms with Gasteiger partial charge in [-0.3, -0.25) is 4.79 Å². The van der Waals surface area contributed by atoms with Gasteiger partial charge < -0.3 is 10.2 Å². The lowest BCUT2D eigenvalue weighted by Gasteiger charge is -2.35. The molecular weight excluding hydrogens is 456 g/mol. The second-order valence-electron chi connectivity index (χ2n) is 7.37. The Labute approximate surface area is 189 Å². The summed E-state index contributed by atoms with van der Waals surface area (Å²) in [6, 6.07) is 12.0. The summed E-state index contributed by atoms with van der Waals surface area (Å²) in [5.41, 5.74) is 1.12. The van der Waals surface area contributed by atoms with Crippen molar-refractivity contribution in [2.75, 3.05) is 36.4 Å². The van der Waals surface area contributed by atoms with Gasteiger partial charge in [0, 0.05) is 31.9 Å². The number of anilines is 2. The Balaban J connectivity index is 1.49. The van der Waals surface area contributed by atoms with E-state index in [-0.39, 0.29) is 34.4 Å². The Morgan fingerprint density at radius 3 is 2.41 bits per heavy atom. The van der Waals surface area contributed by atoms with E-state index in [0.717, 1.165) is 11.3 Å². The van der Waals surface area contributed by atoms with Crippen molar-refractivity contribution in [2.45, 2.75) is 11.8 Å². The van der Waals surface area contributed by atoms with E-state index < -0.39 is 21.7 Å². The number of sulfonamides is 1. The van der Waals surface area contributed by atoms with Gasteiger partial charge in [0.2, 0.25) is 10.0 Å². The van der Waals surface area contributed by atoms with Crippen LogP contribution in [0.5, 0.6) is 0 Å². The van der Waals surface area contributed by atoms with E-state index in [4.69, 9.17) is 0 Å². The molecule has 1 aromatic heterocycles. The molecule has 0 aliphatic carbocycles. The molecule has 0 unspecified atom stereocenters. The van der Waals surface area contributed by atoms with Crippen LogP contribution >= 0.6 is 11.3 Å². The number of para-hydroxylation sites is 1. The number of nitrogens with zero attached hydrogens (tertiary/aromatic N) is 2. The van der Waals surface area contributed by atoms with Gasteiger partial charge in [0.05, 0.1) is 5.69 Å². The van der Waals surface area contributed by atoms with Gasteiger partial charge in [-0.15, -0.1) is 11.3 Å². The summed E-state index contributed by atoms with van der Waals surface area (Å²) in [6.07, 6.45) is 0. The number of amides is 1. The fourth-order valence-electron chi connectivity index (χ4n) is 3.54. The van der Waals surface area contributed by atoms with Crippen LogP contribution in [0, 0.1) is 18.6 Å². The molecule has 2 aromatic carbocycles. The largest absolute Gasteiger partial charge is 0.367 e. The Hall–Kier alpha value is -2.82. The zero-order valence-corrected chi connectivity index (χ0v) is 18.8. The van der Waals surface area contributed by atoms with Crippen LogP contribution in [0.15, 0.2) is 58.8 Å². The summed E-state index contributed by atoms with van der Waals surface area (Å²) in [5, 5.41) is 4.10. The fourth-order valence-corrected chi connectivity index (χ4v) is 6.26. The molecule has 0 radical (unpaired) electrons. The first-order valence-corrected chi connectivity index (χ1v) is 12.2. The Kier molecular flexibility index (Phi) is 6.27. The highest BCUT2D eigenvalue weighted by atomic mass is 32.2. The van der Waals surface area contributed by atoms with E-state index in [1.807, 2.05) is 0 Å². The molecule has 2 heterocycles. The van der Waals surface area contributed by atoms with E-state index in [1.165, 1.54) is 34.0 Å². The summed E-state index contributed by atoms with van der Waals surface area (Å²) in [5.74, 6) is -1.44. The first-order valence-electron chi connectivity index (χ1n) is 9.92. The third-order valence-electron chi connectivity index (χ3n) is 5.31. The summed E-state index contributed by atoms with van der Waals surface area (Å²) in [4.78, 5) is 14.5. The van der Waals surface area contributed by atoms with Gasteiger partial charge in [0.15, 0.2) is 0 Å². The maximum atomic E-state index is 14.1. The van der Waals surface area contributed by atoms with Crippen molar-refractivity contribution in [1.29, 1.82) is 0 Å². The first-order chi connectivity index (χ1) is 15.3. The highest BCUT2D eigenvalue weighted by Gasteiger charge is 2.33. The maximum Gasteiger partial charge on any atom is 0.267 e. The number of carbonyl (C=O) groups is 1. The van der Waals surface area contributed by atoms with E-state index in [0.29, 0.717) is 24.3 Å². The number of carbonyl (C=O) groups excluding carboxylic acids is 1. The Bertz CT molecular complexity index is 1250. The number of piperazine rings is 1. The standard InChI is InChI=1S/C22H21F2N3O3S2/c1-15-6-7-16(14-18(15)24)25-22(28)21-20(8-13-31-21)32(29,30)27-11-9-26(10-12-27)19-5-3-2-4-17(19)23/h2-8,13-14H,9-12H2,1H3,(H,25,28).